The number of nitrogens with two attached hydrogens (primary N) is 1. The van der Waals surface area contributed by atoms with E-state index in [-0.39, 0.29) is 23.2 Å². The molecule has 1 aromatic carbocycles. The van der Waals surface area contributed by atoms with Crippen molar-refractivity contribution in [1.29, 1.82) is 0 Å². The van der Waals surface area contributed by atoms with E-state index in [0.717, 1.165) is 25.7 Å². The molecular formula is C16H25FN2O2. The highest BCUT2D eigenvalue weighted by molar-refractivity contribution is 5.32. The van der Waals surface area contributed by atoms with Crippen LogP contribution in [0.2, 0.25) is 0 Å². The lowest BCUT2D eigenvalue weighted by Gasteiger charge is -2.42. The lowest BCUT2D eigenvalue weighted by molar-refractivity contribution is -0.0675. The molecule has 1 aromatic rings. The number of nitrogens with one attached hydrogen (secondary N) is 1. The Kier molecular flexibility index (Phi) is 5.56. The van der Waals surface area contributed by atoms with Gasteiger partial charge in [-0.05, 0) is 30.9 Å². The van der Waals surface area contributed by atoms with Crippen LogP contribution in [0, 0.1) is 5.82 Å². The van der Waals surface area contributed by atoms with Crippen LogP contribution >= 0.6 is 0 Å². The molecule has 0 aromatic heterocycles. The summed E-state index contributed by atoms with van der Waals surface area (Å²) in [6, 6.07) is 5.07. The van der Waals surface area contributed by atoms with Crippen LogP contribution in [0.1, 0.15) is 37.7 Å². The molecule has 0 radical (unpaired) electrons. The third-order valence-electron chi connectivity index (χ3n) is 4.63. The molecule has 0 bridgehead atoms. The zero-order chi connectivity index (χ0) is 15.3. The molecule has 0 spiro atoms. The molecule has 0 saturated heterocycles. The number of benzene rings is 1. The molecule has 1 atom stereocenters. The van der Waals surface area contributed by atoms with E-state index >= 15 is 0 Å². The highest BCUT2D eigenvalue weighted by Gasteiger charge is 2.40. The van der Waals surface area contributed by atoms with Gasteiger partial charge in [-0.15, -0.1) is 0 Å². The lowest BCUT2D eigenvalue weighted by atomic mass is 9.77. The summed E-state index contributed by atoms with van der Waals surface area (Å²) < 4.78 is 25.2. The van der Waals surface area contributed by atoms with Gasteiger partial charge >= 0.3 is 0 Å². The molecule has 21 heavy (non-hydrogen) atoms. The molecule has 2 rings (SSSR count). The maximum absolute atomic E-state index is 14.3. The molecule has 4 nitrogen and oxygen atoms in total. The fourth-order valence-electron chi connectivity index (χ4n) is 3.33. The number of ether oxygens (including phenoxy) is 2. The maximum Gasteiger partial charge on any atom is 0.168 e. The molecule has 1 aliphatic carbocycles. The maximum atomic E-state index is 14.3. The third kappa shape index (κ3) is 3.36. The number of hydrazine groups is 1. The second kappa shape index (κ2) is 7.20. The summed E-state index contributed by atoms with van der Waals surface area (Å²) in [5.74, 6) is 5.69. The molecule has 0 aliphatic heterocycles. The first kappa shape index (κ1) is 16.2. The number of hydrogen-bond acceptors (Lipinski definition) is 4. The monoisotopic (exact) mass is 296 g/mol. The quantitative estimate of drug-likeness (QED) is 0.626. The van der Waals surface area contributed by atoms with Crippen molar-refractivity contribution in [1.82, 2.24) is 5.43 Å². The number of rotatable bonds is 6. The van der Waals surface area contributed by atoms with Crippen LogP contribution in [0.3, 0.4) is 0 Å². The van der Waals surface area contributed by atoms with E-state index in [1.54, 1.807) is 25.3 Å². The Morgan fingerprint density at radius 2 is 2.00 bits per heavy atom. The summed E-state index contributed by atoms with van der Waals surface area (Å²) in [5, 5.41) is 0. The van der Waals surface area contributed by atoms with Crippen molar-refractivity contribution < 1.29 is 13.9 Å². The van der Waals surface area contributed by atoms with Crippen LogP contribution in [0.4, 0.5) is 4.39 Å². The lowest BCUT2D eigenvalue weighted by Crippen LogP contribution is -2.56. The molecule has 118 valence electrons. The third-order valence-corrected chi connectivity index (χ3v) is 4.63. The molecule has 0 heterocycles. The predicted octanol–water partition coefficient (Wildman–Crippen LogP) is 2.56. The topological polar surface area (TPSA) is 56.5 Å². The Bertz CT molecular complexity index is 462. The average molecular weight is 296 g/mol. The Morgan fingerprint density at radius 1 is 1.29 bits per heavy atom. The fraction of sp³-hybridized carbons (Fsp3) is 0.625. The number of halogens is 1. The summed E-state index contributed by atoms with van der Waals surface area (Å²) in [7, 11) is 3.19. The fourth-order valence-corrected chi connectivity index (χ4v) is 3.33. The smallest absolute Gasteiger partial charge is 0.168 e. The summed E-state index contributed by atoms with van der Waals surface area (Å²) in [6.07, 6.45) is 5.83. The molecular weight excluding hydrogens is 271 g/mol. The van der Waals surface area contributed by atoms with Gasteiger partial charge in [0.15, 0.2) is 11.6 Å². The summed E-state index contributed by atoms with van der Waals surface area (Å²) in [6.45, 7) is 0. The van der Waals surface area contributed by atoms with E-state index in [4.69, 9.17) is 15.3 Å². The Labute approximate surface area is 125 Å². The Morgan fingerprint density at radius 3 is 2.57 bits per heavy atom. The SMILES string of the molecule is COc1cccc(CC(NN)C2(OC)CCCCC2)c1F. The second-order valence-corrected chi connectivity index (χ2v) is 5.69. The van der Waals surface area contributed by atoms with Crippen LogP contribution in [-0.2, 0) is 11.2 Å². The van der Waals surface area contributed by atoms with Crippen LogP contribution in [0.15, 0.2) is 18.2 Å². The van der Waals surface area contributed by atoms with Crippen molar-refractivity contribution in [3.8, 4) is 5.75 Å². The van der Waals surface area contributed by atoms with E-state index in [1.807, 2.05) is 0 Å². The molecule has 1 fully saturated rings. The van der Waals surface area contributed by atoms with Crippen molar-refractivity contribution in [2.75, 3.05) is 14.2 Å². The summed E-state index contributed by atoms with van der Waals surface area (Å²) in [4.78, 5) is 0. The minimum absolute atomic E-state index is 0.121. The molecule has 3 N–H and O–H groups in total. The van der Waals surface area contributed by atoms with Gasteiger partial charge in [-0.1, -0.05) is 31.4 Å². The average Bonchev–Trinajstić information content (AvgIpc) is 2.54. The van der Waals surface area contributed by atoms with Gasteiger partial charge in [0.25, 0.3) is 0 Å². The molecule has 1 aliphatic rings. The van der Waals surface area contributed by atoms with Gasteiger partial charge < -0.3 is 9.47 Å². The van der Waals surface area contributed by atoms with E-state index in [2.05, 4.69) is 5.43 Å². The first-order chi connectivity index (χ1) is 10.2. The van der Waals surface area contributed by atoms with E-state index in [9.17, 15) is 4.39 Å². The largest absolute Gasteiger partial charge is 0.494 e. The van der Waals surface area contributed by atoms with Crippen molar-refractivity contribution in [3.63, 3.8) is 0 Å². The first-order valence-corrected chi connectivity index (χ1v) is 7.49. The predicted molar refractivity (Wildman–Crippen MR) is 80.6 cm³/mol. The Hall–Kier alpha value is -1.17. The number of hydrogen-bond donors (Lipinski definition) is 2. The van der Waals surface area contributed by atoms with Gasteiger partial charge in [-0.3, -0.25) is 11.3 Å². The highest BCUT2D eigenvalue weighted by Crippen LogP contribution is 2.35. The van der Waals surface area contributed by atoms with Gasteiger partial charge in [0, 0.05) is 7.11 Å². The van der Waals surface area contributed by atoms with Crippen molar-refractivity contribution >= 4 is 0 Å². The van der Waals surface area contributed by atoms with Gasteiger partial charge in [-0.2, -0.15) is 0 Å². The minimum atomic E-state index is -0.317. The van der Waals surface area contributed by atoms with Gasteiger partial charge in [0.05, 0.1) is 18.8 Å². The summed E-state index contributed by atoms with van der Waals surface area (Å²) in [5.41, 5.74) is 3.12. The van der Waals surface area contributed by atoms with Crippen LogP contribution in [-0.4, -0.2) is 25.9 Å². The molecule has 5 heteroatoms. The second-order valence-electron chi connectivity index (χ2n) is 5.69. The van der Waals surface area contributed by atoms with E-state index in [1.165, 1.54) is 13.5 Å². The van der Waals surface area contributed by atoms with Crippen LogP contribution in [0.5, 0.6) is 5.75 Å². The minimum Gasteiger partial charge on any atom is -0.494 e. The first-order valence-electron chi connectivity index (χ1n) is 7.49. The van der Waals surface area contributed by atoms with Gasteiger partial charge in [0.2, 0.25) is 0 Å². The van der Waals surface area contributed by atoms with E-state index in [0.29, 0.717) is 12.0 Å². The molecule has 0 amide bonds. The van der Waals surface area contributed by atoms with Crippen LogP contribution < -0.4 is 16.0 Å². The molecule has 1 saturated carbocycles. The standard InChI is InChI=1S/C16H25FN2O2/c1-20-13-8-6-7-12(15(13)17)11-14(19-18)16(21-2)9-4-3-5-10-16/h6-8,14,19H,3-5,9-11,18H2,1-2H3. The van der Waals surface area contributed by atoms with Gasteiger partial charge in [0.1, 0.15) is 0 Å². The van der Waals surface area contributed by atoms with E-state index < -0.39 is 0 Å². The zero-order valence-corrected chi connectivity index (χ0v) is 12.8. The summed E-state index contributed by atoms with van der Waals surface area (Å²) >= 11 is 0. The van der Waals surface area contributed by atoms with Crippen molar-refractivity contribution in [2.45, 2.75) is 50.2 Å². The van der Waals surface area contributed by atoms with Crippen LogP contribution in [0.25, 0.3) is 0 Å². The van der Waals surface area contributed by atoms with Gasteiger partial charge in [-0.25, -0.2) is 4.39 Å². The zero-order valence-electron chi connectivity index (χ0n) is 12.8. The van der Waals surface area contributed by atoms with Crippen molar-refractivity contribution in [2.24, 2.45) is 5.84 Å². The number of methoxy groups -OCH3 is 2. The normalized spacial score (nSPS) is 19.2. The highest BCUT2D eigenvalue weighted by atomic mass is 19.1. The Balaban J connectivity index is 2.22. The van der Waals surface area contributed by atoms with Crippen molar-refractivity contribution in [3.05, 3.63) is 29.6 Å². The molecule has 1 unspecified atom stereocenters.